The highest BCUT2D eigenvalue weighted by Gasteiger charge is 2.31. The summed E-state index contributed by atoms with van der Waals surface area (Å²) in [6.07, 6.45) is -0.658. The van der Waals surface area contributed by atoms with Crippen LogP contribution in [0.3, 0.4) is 0 Å². The van der Waals surface area contributed by atoms with Crippen molar-refractivity contribution in [2.24, 2.45) is 5.73 Å². The quantitative estimate of drug-likeness (QED) is 0.384. The molecule has 0 aliphatic heterocycles. The summed E-state index contributed by atoms with van der Waals surface area (Å²) in [7, 11) is 2.64. The van der Waals surface area contributed by atoms with Gasteiger partial charge in [0.25, 0.3) is 5.91 Å². The van der Waals surface area contributed by atoms with Gasteiger partial charge in [0.05, 0.1) is 12.5 Å². The summed E-state index contributed by atoms with van der Waals surface area (Å²) in [4.78, 5) is 44.9. The van der Waals surface area contributed by atoms with Gasteiger partial charge in [0.2, 0.25) is 11.9 Å². The molecule has 0 spiro atoms. The Morgan fingerprint density at radius 3 is 2.06 bits per heavy atom. The minimum Gasteiger partial charge on any atom is -0.481 e. The maximum atomic E-state index is 11.4. The number of hydrogen-bond acceptors (Lipinski definition) is 5. The molecule has 0 saturated carbocycles. The average molecular weight is 261 g/mol. The lowest BCUT2D eigenvalue weighted by Crippen LogP contribution is -2.55. The van der Waals surface area contributed by atoms with E-state index in [9.17, 15) is 19.2 Å². The van der Waals surface area contributed by atoms with Gasteiger partial charge in [-0.05, 0) is 0 Å². The predicted octanol–water partition coefficient (Wildman–Crippen LogP) is -2.55. The average Bonchev–Trinajstić information content (AvgIpc) is 2.22. The fourth-order valence-electron chi connectivity index (χ4n) is 1.02. The molecule has 0 aromatic carbocycles. The Morgan fingerprint density at radius 2 is 1.72 bits per heavy atom. The Balaban J connectivity index is 4.70. The molecule has 0 heterocycles. The summed E-state index contributed by atoms with van der Waals surface area (Å²) in [6, 6.07) is -3.20. The Kier molecular flexibility index (Phi) is 5.76. The fraction of sp³-hybridized carbons (Fsp3) is 0.556. The highest BCUT2D eigenvalue weighted by Crippen LogP contribution is 1.95. The van der Waals surface area contributed by atoms with Crippen LogP contribution in [0.2, 0.25) is 0 Å². The molecular weight excluding hydrogens is 246 g/mol. The Morgan fingerprint density at radius 1 is 1.22 bits per heavy atom. The lowest BCUT2D eigenvalue weighted by molar-refractivity contribution is -0.149. The number of carboxylic acids is 2. The summed E-state index contributed by atoms with van der Waals surface area (Å²) in [5.41, 5.74) is 5.23. The SMILES string of the molecule is CN(C)C(=O)C(NC(=O)[C@@H](N)CC(=O)O)C(=O)O. The topological polar surface area (TPSA) is 150 Å². The van der Waals surface area contributed by atoms with E-state index >= 15 is 0 Å². The number of likely N-dealkylation sites (N-methyl/N-ethyl adjacent to an activating group) is 1. The second-order valence-corrected chi connectivity index (χ2v) is 3.72. The highest BCUT2D eigenvalue weighted by atomic mass is 16.4. The Bertz CT molecular complexity index is 367. The van der Waals surface area contributed by atoms with Gasteiger partial charge in [-0.15, -0.1) is 0 Å². The van der Waals surface area contributed by atoms with Crippen LogP contribution in [0.4, 0.5) is 0 Å². The van der Waals surface area contributed by atoms with Gasteiger partial charge in [0.15, 0.2) is 0 Å². The van der Waals surface area contributed by atoms with E-state index in [4.69, 9.17) is 15.9 Å². The van der Waals surface area contributed by atoms with Crippen molar-refractivity contribution in [2.75, 3.05) is 14.1 Å². The number of nitrogens with zero attached hydrogens (tertiary/aromatic N) is 1. The van der Waals surface area contributed by atoms with Gasteiger partial charge in [-0.25, -0.2) is 4.79 Å². The molecule has 9 heteroatoms. The molecule has 18 heavy (non-hydrogen) atoms. The number of aliphatic carboxylic acids is 2. The summed E-state index contributed by atoms with van der Waals surface area (Å²) in [5, 5.41) is 19.1. The second-order valence-electron chi connectivity index (χ2n) is 3.72. The number of hydrogen-bond donors (Lipinski definition) is 4. The van der Waals surface area contributed by atoms with Crippen molar-refractivity contribution >= 4 is 23.8 Å². The molecule has 1 unspecified atom stereocenters. The monoisotopic (exact) mass is 261 g/mol. The number of carbonyl (C=O) groups excluding carboxylic acids is 2. The predicted molar refractivity (Wildman–Crippen MR) is 58.5 cm³/mol. The molecule has 0 aromatic rings. The van der Waals surface area contributed by atoms with Crippen molar-refractivity contribution in [3.8, 4) is 0 Å². The van der Waals surface area contributed by atoms with Crippen molar-refractivity contribution in [1.29, 1.82) is 0 Å². The number of rotatable bonds is 6. The van der Waals surface area contributed by atoms with Crippen molar-refractivity contribution in [3.63, 3.8) is 0 Å². The van der Waals surface area contributed by atoms with E-state index in [1.807, 2.05) is 5.32 Å². The molecule has 0 aliphatic rings. The van der Waals surface area contributed by atoms with E-state index in [1.54, 1.807) is 0 Å². The van der Waals surface area contributed by atoms with Crippen molar-refractivity contribution < 1.29 is 29.4 Å². The molecule has 0 bridgehead atoms. The van der Waals surface area contributed by atoms with Gasteiger partial charge in [-0.2, -0.15) is 0 Å². The third-order valence-electron chi connectivity index (χ3n) is 1.95. The first-order chi connectivity index (χ1) is 8.16. The first-order valence-electron chi connectivity index (χ1n) is 4.88. The van der Waals surface area contributed by atoms with Crippen LogP contribution >= 0.6 is 0 Å². The highest BCUT2D eigenvalue weighted by molar-refractivity contribution is 6.04. The summed E-state index contributed by atoms with van der Waals surface area (Å²) in [5.74, 6) is -4.72. The first kappa shape index (κ1) is 15.8. The van der Waals surface area contributed by atoms with Crippen molar-refractivity contribution in [2.45, 2.75) is 18.5 Å². The smallest absolute Gasteiger partial charge is 0.336 e. The Hall–Kier alpha value is -2.16. The zero-order valence-corrected chi connectivity index (χ0v) is 9.91. The van der Waals surface area contributed by atoms with E-state index in [0.717, 1.165) is 4.90 Å². The van der Waals surface area contributed by atoms with E-state index in [2.05, 4.69) is 0 Å². The normalized spacial score (nSPS) is 13.3. The molecular formula is C9H15N3O6. The van der Waals surface area contributed by atoms with Crippen LogP contribution in [-0.2, 0) is 19.2 Å². The van der Waals surface area contributed by atoms with Gasteiger partial charge in [0, 0.05) is 14.1 Å². The minimum absolute atomic E-state index is 0.658. The van der Waals surface area contributed by atoms with E-state index in [-0.39, 0.29) is 0 Å². The molecule has 0 rings (SSSR count). The molecule has 0 saturated heterocycles. The second kappa shape index (κ2) is 6.55. The first-order valence-corrected chi connectivity index (χ1v) is 4.88. The van der Waals surface area contributed by atoms with E-state index in [1.165, 1.54) is 14.1 Å². The van der Waals surface area contributed by atoms with Crippen LogP contribution in [0, 0.1) is 0 Å². The van der Waals surface area contributed by atoms with Gasteiger partial charge in [-0.3, -0.25) is 14.4 Å². The fourth-order valence-corrected chi connectivity index (χ4v) is 1.02. The number of carbonyl (C=O) groups is 4. The number of carboxylic acid groups (broad SMARTS) is 2. The van der Waals surface area contributed by atoms with Crippen LogP contribution in [0.25, 0.3) is 0 Å². The molecule has 2 atom stereocenters. The molecule has 0 radical (unpaired) electrons. The molecule has 9 nitrogen and oxygen atoms in total. The molecule has 0 fully saturated rings. The van der Waals surface area contributed by atoms with E-state index in [0.29, 0.717) is 0 Å². The number of nitrogens with two attached hydrogens (primary N) is 1. The van der Waals surface area contributed by atoms with Crippen LogP contribution < -0.4 is 11.1 Å². The van der Waals surface area contributed by atoms with Crippen LogP contribution in [0.1, 0.15) is 6.42 Å². The maximum absolute atomic E-state index is 11.4. The van der Waals surface area contributed by atoms with Crippen LogP contribution in [0.15, 0.2) is 0 Å². The Labute approximate surface area is 103 Å². The molecule has 0 aromatic heterocycles. The van der Waals surface area contributed by atoms with Crippen LogP contribution in [-0.4, -0.2) is 65.0 Å². The summed E-state index contributed by atoms with van der Waals surface area (Å²) in [6.45, 7) is 0. The van der Waals surface area contributed by atoms with E-state index < -0.39 is 42.3 Å². The maximum Gasteiger partial charge on any atom is 0.336 e. The lowest BCUT2D eigenvalue weighted by Gasteiger charge is -2.19. The standard InChI is InChI=1S/C9H15N3O6/c1-12(2)8(16)6(9(17)18)11-7(15)4(10)3-5(13)14/h4,6H,3,10H2,1-2H3,(H,11,15)(H,13,14)(H,17,18)/t4-,6?/m0/s1. The molecule has 5 N–H and O–H groups in total. The largest absolute Gasteiger partial charge is 0.481 e. The molecule has 102 valence electrons. The van der Waals surface area contributed by atoms with Gasteiger partial charge in [-0.1, -0.05) is 0 Å². The van der Waals surface area contributed by atoms with Crippen molar-refractivity contribution in [3.05, 3.63) is 0 Å². The molecule has 2 amide bonds. The summed E-state index contributed by atoms with van der Waals surface area (Å²) < 4.78 is 0. The van der Waals surface area contributed by atoms with Gasteiger partial charge < -0.3 is 26.2 Å². The number of nitrogens with one attached hydrogen (secondary N) is 1. The zero-order chi connectivity index (χ0) is 14.5. The third kappa shape index (κ3) is 4.78. The van der Waals surface area contributed by atoms with Crippen molar-refractivity contribution in [1.82, 2.24) is 10.2 Å². The zero-order valence-electron chi connectivity index (χ0n) is 9.91. The van der Waals surface area contributed by atoms with Crippen LogP contribution in [0.5, 0.6) is 0 Å². The minimum atomic E-state index is -1.78. The number of amides is 2. The lowest BCUT2D eigenvalue weighted by atomic mass is 10.2. The molecule has 0 aliphatic carbocycles. The third-order valence-corrected chi connectivity index (χ3v) is 1.95. The summed E-state index contributed by atoms with van der Waals surface area (Å²) >= 11 is 0. The van der Waals surface area contributed by atoms with Gasteiger partial charge in [0.1, 0.15) is 0 Å². The van der Waals surface area contributed by atoms with Gasteiger partial charge >= 0.3 is 11.9 Å².